The maximum Gasteiger partial charge on any atom is 0.258 e. The summed E-state index contributed by atoms with van der Waals surface area (Å²) in [5.74, 6) is 0.449. The van der Waals surface area contributed by atoms with Gasteiger partial charge in [0, 0.05) is 24.2 Å². The standard InChI is InChI=1S/C16H18ClN3O2/c17-13-5-6-14(16-12(13)4-2-8-19-16)22-10-15(21)20-11-3-1-7-18-9-11/h2,4-6,8,11,18H,1,3,7,9-10H2,(H,20,21)/t11-/m0/s1. The number of hydrogen-bond donors (Lipinski definition) is 2. The van der Waals surface area contributed by atoms with Crippen molar-refractivity contribution in [1.82, 2.24) is 15.6 Å². The fourth-order valence-electron chi connectivity index (χ4n) is 2.62. The van der Waals surface area contributed by atoms with Gasteiger partial charge in [-0.1, -0.05) is 11.6 Å². The highest BCUT2D eigenvalue weighted by Gasteiger charge is 2.16. The van der Waals surface area contributed by atoms with Gasteiger partial charge in [0.1, 0.15) is 11.3 Å². The molecule has 1 aromatic heterocycles. The number of rotatable bonds is 4. The number of nitrogens with one attached hydrogen (secondary N) is 2. The van der Waals surface area contributed by atoms with Gasteiger partial charge < -0.3 is 15.4 Å². The molecule has 6 heteroatoms. The first kappa shape index (κ1) is 15.1. The van der Waals surface area contributed by atoms with Gasteiger partial charge in [0.2, 0.25) is 0 Å². The second-order valence-electron chi connectivity index (χ2n) is 5.34. The molecule has 0 spiro atoms. The quantitative estimate of drug-likeness (QED) is 0.906. The summed E-state index contributed by atoms with van der Waals surface area (Å²) in [6.07, 6.45) is 3.76. The van der Waals surface area contributed by atoms with Crippen molar-refractivity contribution in [2.75, 3.05) is 19.7 Å². The molecule has 1 fully saturated rings. The molecular formula is C16H18ClN3O2. The van der Waals surface area contributed by atoms with Crippen LogP contribution >= 0.6 is 11.6 Å². The van der Waals surface area contributed by atoms with E-state index < -0.39 is 0 Å². The number of aromatic nitrogens is 1. The molecule has 1 amide bonds. The first-order valence-corrected chi connectivity index (χ1v) is 7.78. The molecule has 0 aliphatic carbocycles. The van der Waals surface area contributed by atoms with Crippen LogP contribution in [0.2, 0.25) is 5.02 Å². The van der Waals surface area contributed by atoms with Crippen molar-refractivity contribution in [3.05, 3.63) is 35.5 Å². The topological polar surface area (TPSA) is 63.2 Å². The molecule has 0 unspecified atom stereocenters. The van der Waals surface area contributed by atoms with Gasteiger partial charge in [-0.05, 0) is 43.7 Å². The van der Waals surface area contributed by atoms with Crippen LogP contribution < -0.4 is 15.4 Å². The fraction of sp³-hybridized carbons (Fsp3) is 0.375. The summed E-state index contributed by atoms with van der Waals surface area (Å²) in [4.78, 5) is 16.3. The Morgan fingerprint density at radius 1 is 1.45 bits per heavy atom. The third-order valence-electron chi connectivity index (χ3n) is 3.70. The number of halogens is 1. The highest BCUT2D eigenvalue weighted by atomic mass is 35.5. The Morgan fingerprint density at radius 2 is 2.36 bits per heavy atom. The van der Waals surface area contributed by atoms with E-state index in [0.29, 0.717) is 16.3 Å². The van der Waals surface area contributed by atoms with Crippen LogP contribution in [0, 0.1) is 0 Å². The van der Waals surface area contributed by atoms with Crippen molar-refractivity contribution >= 4 is 28.4 Å². The Balaban J connectivity index is 1.64. The molecule has 116 valence electrons. The van der Waals surface area contributed by atoms with Crippen molar-refractivity contribution < 1.29 is 9.53 Å². The predicted octanol–water partition coefficient (Wildman–Crippen LogP) is 2.14. The average molecular weight is 320 g/mol. The molecule has 5 nitrogen and oxygen atoms in total. The van der Waals surface area contributed by atoms with E-state index in [1.807, 2.05) is 12.1 Å². The number of hydrogen-bond acceptors (Lipinski definition) is 4. The van der Waals surface area contributed by atoms with E-state index in [0.717, 1.165) is 31.3 Å². The summed E-state index contributed by atoms with van der Waals surface area (Å²) in [5, 5.41) is 7.68. The highest BCUT2D eigenvalue weighted by Crippen LogP contribution is 2.29. The third kappa shape index (κ3) is 3.48. The number of carbonyl (C=O) groups excluding carboxylic acids is 1. The number of fused-ring (bicyclic) bond motifs is 1. The zero-order valence-corrected chi connectivity index (χ0v) is 12.9. The van der Waals surface area contributed by atoms with Gasteiger partial charge in [-0.2, -0.15) is 0 Å². The molecule has 2 N–H and O–H groups in total. The molecule has 1 aromatic carbocycles. The molecule has 22 heavy (non-hydrogen) atoms. The van der Waals surface area contributed by atoms with Gasteiger partial charge in [0.25, 0.3) is 5.91 Å². The molecule has 2 heterocycles. The molecule has 0 bridgehead atoms. The van der Waals surface area contributed by atoms with Gasteiger partial charge in [-0.25, -0.2) is 0 Å². The van der Waals surface area contributed by atoms with Crippen LogP contribution in [-0.4, -0.2) is 36.6 Å². The van der Waals surface area contributed by atoms with E-state index >= 15 is 0 Å². The molecule has 0 saturated carbocycles. The van der Waals surface area contributed by atoms with E-state index in [9.17, 15) is 4.79 Å². The summed E-state index contributed by atoms with van der Waals surface area (Å²) in [6, 6.07) is 7.38. The lowest BCUT2D eigenvalue weighted by atomic mass is 10.1. The summed E-state index contributed by atoms with van der Waals surface area (Å²) in [5.41, 5.74) is 0.669. The number of benzene rings is 1. The Morgan fingerprint density at radius 3 is 3.18 bits per heavy atom. The van der Waals surface area contributed by atoms with Crippen LogP contribution in [0.1, 0.15) is 12.8 Å². The second-order valence-corrected chi connectivity index (χ2v) is 5.75. The number of amides is 1. The molecule has 1 aliphatic rings. The normalized spacial score (nSPS) is 18.1. The molecule has 1 aliphatic heterocycles. The monoisotopic (exact) mass is 319 g/mol. The van der Waals surface area contributed by atoms with E-state index in [2.05, 4.69) is 15.6 Å². The minimum absolute atomic E-state index is 0.0240. The Kier molecular flexibility index (Phi) is 4.75. The van der Waals surface area contributed by atoms with E-state index in [1.54, 1.807) is 18.3 Å². The van der Waals surface area contributed by atoms with Crippen LogP contribution in [0.15, 0.2) is 30.5 Å². The van der Waals surface area contributed by atoms with Crippen LogP contribution in [0.3, 0.4) is 0 Å². The second kappa shape index (κ2) is 6.94. The van der Waals surface area contributed by atoms with Crippen molar-refractivity contribution in [3.8, 4) is 5.75 Å². The average Bonchev–Trinajstić information content (AvgIpc) is 2.55. The minimum Gasteiger partial charge on any atom is -0.481 e. The summed E-state index contributed by atoms with van der Waals surface area (Å²) in [6.45, 7) is 1.81. The summed E-state index contributed by atoms with van der Waals surface area (Å²) in [7, 11) is 0. The zero-order chi connectivity index (χ0) is 15.4. The van der Waals surface area contributed by atoms with Crippen molar-refractivity contribution in [3.63, 3.8) is 0 Å². The van der Waals surface area contributed by atoms with Crippen molar-refractivity contribution in [2.24, 2.45) is 0 Å². The number of piperidine rings is 1. The number of nitrogens with zero attached hydrogens (tertiary/aromatic N) is 1. The Labute approximate surface area is 134 Å². The largest absolute Gasteiger partial charge is 0.481 e. The minimum atomic E-state index is -0.118. The van der Waals surface area contributed by atoms with Gasteiger partial charge in [0.15, 0.2) is 6.61 Å². The highest BCUT2D eigenvalue weighted by molar-refractivity contribution is 6.35. The molecule has 3 rings (SSSR count). The fourth-order valence-corrected chi connectivity index (χ4v) is 2.83. The summed E-state index contributed by atoms with van der Waals surface area (Å²) < 4.78 is 5.62. The van der Waals surface area contributed by atoms with E-state index in [-0.39, 0.29) is 18.6 Å². The maximum absolute atomic E-state index is 12.0. The van der Waals surface area contributed by atoms with Gasteiger partial charge in [-0.15, -0.1) is 0 Å². The van der Waals surface area contributed by atoms with Crippen LogP contribution in [0.25, 0.3) is 10.9 Å². The Hall–Kier alpha value is -1.85. The molecule has 1 saturated heterocycles. The lowest BCUT2D eigenvalue weighted by molar-refractivity contribution is -0.123. The van der Waals surface area contributed by atoms with E-state index in [1.165, 1.54) is 0 Å². The smallest absolute Gasteiger partial charge is 0.258 e. The maximum atomic E-state index is 12.0. The molecule has 2 aromatic rings. The molecule has 1 atom stereocenters. The molecule has 0 radical (unpaired) electrons. The predicted molar refractivity (Wildman–Crippen MR) is 86.3 cm³/mol. The number of carbonyl (C=O) groups is 1. The van der Waals surface area contributed by atoms with Gasteiger partial charge >= 0.3 is 0 Å². The lowest BCUT2D eigenvalue weighted by Gasteiger charge is -2.23. The first-order valence-electron chi connectivity index (χ1n) is 7.40. The van der Waals surface area contributed by atoms with Gasteiger partial charge in [-0.3, -0.25) is 9.78 Å². The number of ether oxygens (including phenoxy) is 1. The molecular weight excluding hydrogens is 302 g/mol. The van der Waals surface area contributed by atoms with Crippen LogP contribution in [0.5, 0.6) is 5.75 Å². The first-order chi connectivity index (χ1) is 10.7. The van der Waals surface area contributed by atoms with Crippen molar-refractivity contribution in [1.29, 1.82) is 0 Å². The zero-order valence-electron chi connectivity index (χ0n) is 12.1. The third-order valence-corrected chi connectivity index (χ3v) is 4.03. The van der Waals surface area contributed by atoms with E-state index in [4.69, 9.17) is 16.3 Å². The SMILES string of the molecule is O=C(COc1ccc(Cl)c2cccnc12)N[C@H]1CCCNC1. The van der Waals surface area contributed by atoms with Crippen molar-refractivity contribution in [2.45, 2.75) is 18.9 Å². The summed E-state index contributed by atoms with van der Waals surface area (Å²) >= 11 is 6.14. The number of pyridine rings is 1. The Bertz CT molecular complexity index is 671. The lowest BCUT2D eigenvalue weighted by Crippen LogP contribution is -2.47. The van der Waals surface area contributed by atoms with Crippen LogP contribution in [-0.2, 0) is 4.79 Å². The van der Waals surface area contributed by atoms with Gasteiger partial charge in [0.05, 0.1) is 5.02 Å². The van der Waals surface area contributed by atoms with Crippen LogP contribution in [0.4, 0.5) is 0 Å².